The molecule has 7 nitrogen and oxygen atoms in total. The lowest BCUT2D eigenvalue weighted by atomic mass is 9.87. The van der Waals surface area contributed by atoms with Crippen LogP contribution in [0.2, 0.25) is 0 Å². The molecule has 1 heterocycles. The molecule has 0 fully saturated rings. The van der Waals surface area contributed by atoms with Crippen molar-refractivity contribution in [1.29, 1.82) is 0 Å². The van der Waals surface area contributed by atoms with Crippen LogP contribution in [0.15, 0.2) is 16.8 Å². The number of hydrogen-bond acceptors (Lipinski definition) is 5. The van der Waals surface area contributed by atoms with Crippen LogP contribution in [-0.4, -0.2) is 52.7 Å². The van der Waals surface area contributed by atoms with E-state index >= 15 is 0 Å². The van der Waals surface area contributed by atoms with Crippen LogP contribution in [0.5, 0.6) is 0 Å². The maximum Gasteiger partial charge on any atom is 0.186 e. The van der Waals surface area contributed by atoms with Crippen molar-refractivity contribution < 1.29 is 19.7 Å². The Hall–Kier alpha value is -1.31. The van der Waals surface area contributed by atoms with E-state index in [1.807, 2.05) is 33.8 Å². The van der Waals surface area contributed by atoms with Crippen molar-refractivity contribution in [1.82, 2.24) is 0 Å². The Bertz CT molecular complexity index is 427. The molecule has 128 valence electrons. The molecule has 0 aromatic heterocycles. The number of aliphatic hydroxyl groups is 2. The van der Waals surface area contributed by atoms with Gasteiger partial charge < -0.3 is 31.2 Å². The molecule has 6 N–H and O–H groups in total. The Morgan fingerprint density at radius 2 is 2.05 bits per heavy atom. The summed E-state index contributed by atoms with van der Waals surface area (Å²) in [6.45, 7) is 8.96. The molecule has 0 spiro atoms. The molecule has 0 bridgehead atoms. The van der Waals surface area contributed by atoms with Gasteiger partial charge in [-0.2, -0.15) is 0 Å². The maximum atomic E-state index is 10.1. The molecule has 5 unspecified atom stereocenters. The number of rotatable bonds is 5. The highest BCUT2D eigenvalue weighted by molar-refractivity contribution is 5.76. The van der Waals surface area contributed by atoms with Crippen molar-refractivity contribution in [3.8, 4) is 0 Å². The van der Waals surface area contributed by atoms with E-state index in [0.29, 0.717) is 5.76 Å². The third-order valence-electron chi connectivity index (χ3n) is 3.46. The van der Waals surface area contributed by atoms with Crippen molar-refractivity contribution in [3.63, 3.8) is 0 Å². The molecule has 1 aliphatic rings. The number of aliphatic hydroxyl groups excluding tert-OH is 2. The average molecular weight is 315 g/mol. The van der Waals surface area contributed by atoms with Gasteiger partial charge in [-0.25, -0.2) is 4.99 Å². The normalized spacial score (nSPS) is 28.3. The predicted octanol–water partition coefficient (Wildman–Crippen LogP) is 0.104. The Kier molecular flexibility index (Phi) is 6.22. The van der Waals surface area contributed by atoms with Crippen molar-refractivity contribution in [2.75, 3.05) is 6.61 Å². The van der Waals surface area contributed by atoms with E-state index in [9.17, 15) is 10.2 Å². The minimum atomic E-state index is -1.06. The van der Waals surface area contributed by atoms with Crippen LogP contribution in [0.4, 0.5) is 0 Å². The first-order valence-electron chi connectivity index (χ1n) is 7.45. The van der Waals surface area contributed by atoms with Gasteiger partial charge >= 0.3 is 0 Å². The first-order valence-corrected chi connectivity index (χ1v) is 7.45. The second-order valence-corrected chi connectivity index (χ2v) is 6.71. The van der Waals surface area contributed by atoms with E-state index in [2.05, 4.69) is 4.99 Å². The number of nitrogens with zero attached hydrogens (tertiary/aromatic N) is 1. The Balaban J connectivity index is 3.08. The largest absolute Gasteiger partial charge is 0.492 e. The highest BCUT2D eigenvalue weighted by atomic mass is 16.6. The second-order valence-electron chi connectivity index (χ2n) is 6.71. The summed E-state index contributed by atoms with van der Waals surface area (Å²) in [5.41, 5.74) is 10.5. The predicted molar refractivity (Wildman–Crippen MR) is 85.1 cm³/mol. The van der Waals surface area contributed by atoms with E-state index in [0.717, 1.165) is 0 Å². The van der Waals surface area contributed by atoms with Gasteiger partial charge in [-0.05, 0) is 33.8 Å². The summed E-state index contributed by atoms with van der Waals surface area (Å²) in [4.78, 5) is 4.20. The van der Waals surface area contributed by atoms with Gasteiger partial charge in [-0.3, -0.25) is 0 Å². The molecule has 0 aromatic carbocycles. The van der Waals surface area contributed by atoms with Gasteiger partial charge in [0.15, 0.2) is 5.96 Å². The zero-order valence-electron chi connectivity index (χ0n) is 14.0. The van der Waals surface area contributed by atoms with E-state index in [1.54, 1.807) is 6.92 Å². The van der Waals surface area contributed by atoms with Crippen molar-refractivity contribution in [2.24, 2.45) is 22.4 Å². The molecule has 5 atom stereocenters. The number of allylic oxidation sites excluding steroid dienone is 1. The van der Waals surface area contributed by atoms with E-state index in [1.165, 1.54) is 0 Å². The molecule has 7 heteroatoms. The highest BCUT2D eigenvalue weighted by Gasteiger charge is 2.41. The number of ether oxygens (including phenoxy) is 2. The van der Waals surface area contributed by atoms with Crippen LogP contribution in [0.3, 0.4) is 0 Å². The van der Waals surface area contributed by atoms with E-state index in [-0.39, 0.29) is 17.9 Å². The van der Waals surface area contributed by atoms with E-state index in [4.69, 9.17) is 20.9 Å². The van der Waals surface area contributed by atoms with Crippen LogP contribution in [0.1, 0.15) is 34.6 Å². The monoisotopic (exact) mass is 315 g/mol. The molecular weight excluding hydrogens is 286 g/mol. The van der Waals surface area contributed by atoms with Gasteiger partial charge in [0, 0.05) is 5.92 Å². The maximum absolute atomic E-state index is 10.1. The van der Waals surface area contributed by atoms with Gasteiger partial charge in [0.1, 0.15) is 18.3 Å². The van der Waals surface area contributed by atoms with E-state index < -0.39 is 30.5 Å². The first-order chi connectivity index (χ1) is 10.0. The quantitative estimate of drug-likeness (QED) is 0.421. The minimum absolute atomic E-state index is 0.00227. The summed E-state index contributed by atoms with van der Waals surface area (Å²) in [5.74, 6) is 0.530. The summed E-state index contributed by atoms with van der Waals surface area (Å²) in [7, 11) is 0. The molecule has 0 amide bonds. The minimum Gasteiger partial charge on any atom is -0.492 e. The Labute approximate surface area is 132 Å². The van der Waals surface area contributed by atoms with Crippen molar-refractivity contribution in [2.45, 2.75) is 64.6 Å². The summed E-state index contributed by atoms with van der Waals surface area (Å²) in [5, 5.41) is 19.5. The van der Waals surface area contributed by atoms with Crippen LogP contribution in [-0.2, 0) is 9.47 Å². The molecule has 1 aliphatic heterocycles. The Morgan fingerprint density at radius 3 is 2.50 bits per heavy atom. The number of guanidine groups is 1. The number of aliphatic imine (C=N–C) groups is 1. The Morgan fingerprint density at radius 1 is 1.45 bits per heavy atom. The van der Waals surface area contributed by atoms with Gasteiger partial charge in [0.25, 0.3) is 0 Å². The molecular formula is C15H29N3O4. The smallest absolute Gasteiger partial charge is 0.186 e. The SMILES string of the molecule is CC1=CC(N=C(N)N)C(C)C(C(OC(C)(C)C)C(O)CO)O1. The molecule has 0 saturated carbocycles. The summed E-state index contributed by atoms with van der Waals surface area (Å²) >= 11 is 0. The molecule has 0 aromatic rings. The average Bonchev–Trinajstić information content (AvgIpc) is 2.37. The third kappa shape index (κ3) is 5.15. The molecule has 1 rings (SSSR count). The zero-order chi connectivity index (χ0) is 17.1. The van der Waals surface area contributed by atoms with Gasteiger partial charge in [0.2, 0.25) is 0 Å². The second kappa shape index (κ2) is 7.30. The lowest BCUT2D eigenvalue weighted by molar-refractivity contribution is -0.180. The van der Waals surface area contributed by atoms with Gasteiger partial charge in [-0.1, -0.05) is 6.92 Å². The van der Waals surface area contributed by atoms with Crippen LogP contribution in [0, 0.1) is 5.92 Å². The fraction of sp³-hybridized carbons (Fsp3) is 0.800. The fourth-order valence-electron chi connectivity index (χ4n) is 2.52. The number of nitrogens with two attached hydrogens (primary N) is 2. The van der Waals surface area contributed by atoms with Gasteiger partial charge in [-0.15, -0.1) is 0 Å². The topological polar surface area (TPSA) is 123 Å². The fourth-order valence-corrected chi connectivity index (χ4v) is 2.52. The summed E-state index contributed by atoms with van der Waals surface area (Å²) in [6.07, 6.45) is -0.391. The molecule has 22 heavy (non-hydrogen) atoms. The van der Waals surface area contributed by atoms with Crippen LogP contribution in [0.25, 0.3) is 0 Å². The zero-order valence-corrected chi connectivity index (χ0v) is 14.0. The summed E-state index contributed by atoms with van der Waals surface area (Å²) in [6, 6.07) is -0.263. The highest BCUT2D eigenvalue weighted by Crippen LogP contribution is 2.31. The molecule has 0 radical (unpaired) electrons. The van der Waals surface area contributed by atoms with Crippen LogP contribution >= 0.6 is 0 Å². The third-order valence-corrected chi connectivity index (χ3v) is 3.46. The van der Waals surface area contributed by atoms with Crippen molar-refractivity contribution >= 4 is 5.96 Å². The first kappa shape index (κ1) is 18.7. The lowest BCUT2D eigenvalue weighted by Gasteiger charge is -2.41. The van der Waals surface area contributed by atoms with Crippen molar-refractivity contribution in [3.05, 3.63) is 11.8 Å². The standard InChI is InChI=1S/C15H29N3O4/c1-8-6-10(18-14(16)17)9(2)12(21-8)13(11(20)7-19)22-15(3,4)5/h6,9-13,19-20H,7H2,1-5H3,(H4,16,17,18). The molecule has 0 aliphatic carbocycles. The van der Waals surface area contributed by atoms with Crippen LogP contribution < -0.4 is 11.5 Å². The van der Waals surface area contributed by atoms with Gasteiger partial charge in [0.05, 0.1) is 24.0 Å². The molecule has 0 saturated heterocycles. The lowest BCUT2D eigenvalue weighted by Crippen LogP contribution is -2.52. The summed E-state index contributed by atoms with van der Waals surface area (Å²) < 4.78 is 11.8. The number of hydrogen-bond donors (Lipinski definition) is 4.